The largest absolute Gasteiger partial charge is 0.380 e. The van der Waals surface area contributed by atoms with Crippen LogP contribution in [0, 0.1) is 23.0 Å². The third-order valence-corrected chi connectivity index (χ3v) is 3.50. The molecular weight excluding hydrogens is 238 g/mol. The molecule has 0 unspecified atom stereocenters. The van der Waals surface area contributed by atoms with Crippen molar-refractivity contribution in [1.29, 1.82) is 5.26 Å². The van der Waals surface area contributed by atoms with E-state index in [4.69, 9.17) is 10.00 Å². The number of nitrogens with one attached hydrogen (secondary N) is 1. The highest BCUT2D eigenvalue weighted by molar-refractivity contribution is 5.50. The van der Waals surface area contributed by atoms with E-state index in [1.54, 1.807) is 13.2 Å². The molecule has 0 heterocycles. The second kappa shape index (κ2) is 4.91. The minimum absolute atomic E-state index is 0.0647. The van der Waals surface area contributed by atoms with Gasteiger partial charge in [-0.15, -0.1) is 0 Å². The summed E-state index contributed by atoms with van der Waals surface area (Å²) in [4.78, 5) is 0. The topological polar surface area (TPSA) is 45.0 Å². The summed E-state index contributed by atoms with van der Waals surface area (Å²) in [6, 6.07) is 4.24. The monoisotopic (exact) mass is 252 g/mol. The summed E-state index contributed by atoms with van der Waals surface area (Å²) in [5.41, 5.74) is -0.491. The van der Waals surface area contributed by atoms with Gasteiger partial charge < -0.3 is 10.1 Å². The Hall–Kier alpha value is -1.67. The number of nitrogens with zero attached hydrogens (tertiary/aromatic N) is 1. The van der Waals surface area contributed by atoms with Crippen molar-refractivity contribution in [3.05, 3.63) is 29.3 Å². The van der Waals surface area contributed by atoms with Crippen LogP contribution in [0.5, 0.6) is 0 Å². The second-order valence-corrected chi connectivity index (χ2v) is 4.49. The molecule has 1 aromatic rings. The van der Waals surface area contributed by atoms with E-state index in [0.717, 1.165) is 19.3 Å². The predicted octanol–water partition coefficient (Wildman–Crippen LogP) is 2.82. The van der Waals surface area contributed by atoms with Gasteiger partial charge in [0, 0.05) is 13.7 Å². The van der Waals surface area contributed by atoms with Crippen LogP contribution in [0.15, 0.2) is 12.1 Å². The van der Waals surface area contributed by atoms with Crippen LogP contribution >= 0.6 is 0 Å². The first-order chi connectivity index (χ1) is 8.62. The molecule has 1 N–H and O–H groups in total. The maximum absolute atomic E-state index is 13.6. The molecule has 1 saturated carbocycles. The molecule has 0 saturated heterocycles. The standard InChI is InChI=1S/C13H14F2N2O/c1-18-13(5-2-6-13)8-17-10-4-3-9(7-16)11(14)12(10)15/h3-4,17H,2,5-6,8H2,1H3. The zero-order valence-corrected chi connectivity index (χ0v) is 10.1. The molecule has 0 aromatic heterocycles. The molecule has 0 bridgehead atoms. The lowest BCUT2D eigenvalue weighted by Crippen LogP contribution is -2.45. The van der Waals surface area contributed by atoms with Crippen LogP contribution in [0.3, 0.4) is 0 Å². The molecule has 5 heteroatoms. The summed E-state index contributed by atoms with van der Waals surface area (Å²) in [5.74, 6) is -2.12. The van der Waals surface area contributed by atoms with Crippen LogP contribution in [-0.4, -0.2) is 19.3 Å². The van der Waals surface area contributed by atoms with E-state index in [-0.39, 0.29) is 16.9 Å². The van der Waals surface area contributed by atoms with E-state index >= 15 is 0 Å². The van der Waals surface area contributed by atoms with E-state index < -0.39 is 11.6 Å². The molecule has 1 aliphatic rings. The van der Waals surface area contributed by atoms with Crippen molar-refractivity contribution >= 4 is 5.69 Å². The van der Waals surface area contributed by atoms with Gasteiger partial charge in [0.2, 0.25) is 0 Å². The molecule has 0 atom stereocenters. The molecule has 18 heavy (non-hydrogen) atoms. The first-order valence-corrected chi connectivity index (χ1v) is 5.79. The Morgan fingerprint density at radius 3 is 2.61 bits per heavy atom. The number of hydrogen-bond acceptors (Lipinski definition) is 3. The highest BCUT2D eigenvalue weighted by Gasteiger charge is 2.36. The Balaban J connectivity index is 2.11. The second-order valence-electron chi connectivity index (χ2n) is 4.49. The van der Waals surface area contributed by atoms with Gasteiger partial charge in [-0.1, -0.05) is 0 Å². The fraction of sp³-hybridized carbons (Fsp3) is 0.462. The van der Waals surface area contributed by atoms with Gasteiger partial charge in [-0.2, -0.15) is 5.26 Å². The quantitative estimate of drug-likeness (QED) is 0.896. The maximum atomic E-state index is 13.6. The summed E-state index contributed by atoms with van der Waals surface area (Å²) in [5, 5.41) is 11.4. The summed E-state index contributed by atoms with van der Waals surface area (Å²) >= 11 is 0. The smallest absolute Gasteiger partial charge is 0.183 e. The van der Waals surface area contributed by atoms with Gasteiger partial charge >= 0.3 is 0 Å². The normalized spacial score (nSPS) is 16.8. The van der Waals surface area contributed by atoms with Crippen molar-refractivity contribution in [2.45, 2.75) is 24.9 Å². The molecule has 3 nitrogen and oxygen atoms in total. The van der Waals surface area contributed by atoms with E-state index in [0.29, 0.717) is 6.54 Å². The Labute approximate surface area is 104 Å². The Bertz CT molecular complexity index is 487. The first kappa shape index (κ1) is 12.8. The number of ether oxygens (including phenoxy) is 1. The average molecular weight is 252 g/mol. The van der Waals surface area contributed by atoms with Crippen LogP contribution in [0.4, 0.5) is 14.5 Å². The molecule has 0 aliphatic heterocycles. The molecule has 0 spiro atoms. The van der Waals surface area contributed by atoms with E-state index in [1.807, 2.05) is 0 Å². The van der Waals surface area contributed by atoms with Crippen LogP contribution in [0.1, 0.15) is 24.8 Å². The molecule has 0 radical (unpaired) electrons. The Morgan fingerprint density at radius 2 is 2.11 bits per heavy atom. The number of methoxy groups -OCH3 is 1. The number of rotatable bonds is 4. The van der Waals surface area contributed by atoms with Crippen LogP contribution in [0.2, 0.25) is 0 Å². The van der Waals surface area contributed by atoms with Crippen molar-refractivity contribution in [3.8, 4) is 6.07 Å². The summed E-state index contributed by atoms with van der Waals surface area (Å²) < 4.78 is 32.4. The van der Waals surface area contributed by atoms with Crippen LogP contribution < -0.4 is 5.32 Å². The van der Waals surface area contributed by atoms with Crippen molar-refractivity contribution in [3.63, 3.8) is 0 Å². The maximum Gasteiger partial charge on any atom is 0.183 e. The lowest BCUT2D eigenvalue weighted by Gasteiger charge is -2.40. The van der Waals surface area contributed by atoms with Crippen molar-refractivity contribution < 1.29 is 13.5 Å². The molecule has 0 amide bonds. The number of anilines is 1. The highest BCUT2D eigenvalue weighted by atomic mass is 19.2. The van der Waals surface area contributed by atoms with Crippen LogP contribution in [-0.2, 0) is 4.74 Å². The minimum Gasteiger partial charge on any atom is -0.380 e. The van der Waals surface area contributed by atoms with Gasteiger partial charge in [0.15, 0.2) is 11.6 Å². The van der Waals surface area contributed by atoms with Gasteiger partial charge in [0.1, 0.15) is 6.07 Å². The molecule has 2 rings (SSSR count). The zero-order valence-electron chi connectivity index (χ0n) is 10.1. The Morgan fingerprint density at radius 1 is 1.39 bits per heavy atom. The first-order valence-electron chi connectivity index (χ1n) is 5.79. The summed E-state index contributed by atoms with van der Waals surface area (Å²) in [6.45, 7) is 0.436. The number of nitriles is 1. The minimum atomic E-state index is -1.11. The lowest BCUT2D eigenvalue weighted by molar-refractivity contribution is -0.0601. The fourth-order valence-corrected chi connectivity index (χ4v) is 2.05. The SMILES string of the molecule is COC1(CNc2ccc(C#N)c(F)c2F)CCC1. The number of benzene rings is 1. The van der Waals surface area contributed by atoms with E-state index in [2.05, 4.69) is 5.32 Å². The predicted molar refractivity (Wildman–Crippen MR) is 63.2 cm³/mol. The number of halogens is 2. The van der Waals surface area contributed by atoms with Gasteiger partial charge in [-0.3, -0.25) is 0 Å². The number of hydrogen-bond donors (Lipinski definition) is 1. The van der Waals surface area contributed by atoms with Crippen molar-refractivity contribution in [2.75, 3.05) is 19.0 Å². The summed E-state index contributed by atoms with van der Waals surface area (Å²) in [6.07, 6.45) is 2.91. The van der Waals surface area contributed by atoms with Gasteiger partial charge in [-0.25, -0.2) is 8.78 Å². The third kappa shape index (κ3) is 2.16. The Kier molecular flexibility index (Phi) is 3.48. The van der Waals surface area contributed by atoms with Gasteiger partial charge in [-0.05, 0) is 31.4 Å². The van der Waals surface area contributed by atoms with Crippen molar-refractivity contribution in [1.82, 2.24) is 0 Å². The molecule has 1 fully saturated rings. The lowest BCUT2D eigenvalue weighted by atomic mass is 9.80. The van der Waals surface area contributed by atoms with E-state index in [1.165, 1.54) is 12.1 Å². The van der Waals surface area contributed by atoms with E-state index in [9.17, 15) is 8.78 Å². The third-order valence-electron chi connectivity index (χ3n) is 3.50. The highest BCUT2D eigenvalue weighted by Crippen LogP contribution is 2.35. The summed E-state index contributed by atoms with van der Waals surface area (Å²) in [7, 11) is 1.62. The van der Waals surface area contributed by atoms with Gasteiger partial charge in [0.25, 0.3) is 0 Å². The average Bonchev–Trinajstić information content (AvgIpc) is 2.33. The molecule has 96 valence electrons. The van der Waals surface area contributed by atoms with Gasteiger partial charge in [0.05, 0.1) is 16.9 Å². The molecule has 1 aromatic carbocycles. The molecule has 1 aliphatic carbocycles. The fourth-order valence-electron chi connectivity index (χ4n) is 2.05. The molecular formula is C13H14F2N2O. The van der Waals surface area contributed by atoms with Crippen LogP contribution in [0.25, 0.3) is 0 Å². The zero-order chi connectivity index (χ0) is 13.2. The van der Waals surface area contributed by atoms with Crippen molar-refractivity contribution in [2.24, 2.45) is 0 Å².